The van der Waals surface area contributed by atoms with Gasteiger partial charge >= 0.3 is 5.97 Å². The van der Waals surface area contributed by atoms with Crippen LogP contribution < -0.4 is 5.32 Å². The van der Waals surface area contributed by atoms with Crippen molar-refractivity contribution < 1.29 is 18.3 Å². The highest BCUT2D eigenvalue weighted by Gasteiger charge is 2.28. The minimum absolute atomic E-state index is 0.0861. The van der Waals surface area contributed by atoms with Crippen LogP contribution in [0, 0.1) is 17.6 Å². The van der Waals surface area contributed by atoms with Crippen LogP contribution in [0.25, 0.3) is 0 Å². The highest BCUT2D eigenvalue weighted by Crippen LogP contribution is 2.28. The first-order chi connectivity index (χ1) is 9.60. The third kappa shape index (κ3) is 3.68. The molecular formula is C15H19F2NO2. The topological polar surface area (TPSA) is 38.3 Å². The third-order valence-corrected chi connectivity index (χ3v) is 3.58. The molecule has 5 heteroatoms. The van der Waals surface area contributed by atoms with Gasteiger partial charge in [-0.25, -0.2) is 8.78 Å². The average molecular weight is 283 g/mol. The summed E-state index contributed by atoms with van der Waals surface area (Å²) in [6.45, 7) is 2.17. The van der Waals surface area contributed by atoms with E-state index in [0.29, 0.717) is 18.7 Å². The molecule has 0 amide bonds. The zero-order chi connectivity index (χ0) is 14.5. The van der Waals surface area contributed by atoms with Crippen LogP contribution in [0.3, 0.4) is 0 Å². The zero-order valence-electron chi connectivity index (χ0n) is 11.5. The second-order valence-corrected chi connectivity index (χ2v) is 5.09. The molecule has 1 aliphatic carbocycles. The molecule has 1 aliphatic rings. The van der Waals surface area contributed by atoms with Crippen molar-refractivity contribution in [3.05, 3.63) is 29.8 Å². The van der Waals surface area contributed by atoms with Crippen LogP contribution in [-0.4, -0.2) is 18.6 Å². The molecule has 2 rings (SSSR count). The molecule has 0 radical (unpaired) electrons. The van der Waals surface area contributed by atoms with Crippen molar-refractivity contribution in [1.29, 1.82) is 0 Å². The van der Waals surface area contributed by atoms with E-state index in [4.69, 9.17) is 4.74 Å². The first-order valence-corrected chi connectivity index (χ1v) is 6.98. The second-order valence-electron chi connectivity index (χ2n) is 5.09. The number of anilines is 1. The molecule has 110 valence electrons. The van der Waals surface area contributed by atoms with Gasteiger partial charge in [-0.15, -0.1) is 0 Å². The summed E-state index contributed by atoms with van der Waals surface area (Å²) in [5.74, 6) is -1.99. The standard InChI is InChI=1S/C15H19F2NO2/c1-2-20-15(19)10-4-3-5-11(8-10)18-12-6-7-13(16)14(17)9-12/h6-7,9-11,18H,2-5,8H2,1H3. The number of nitrogens with one attached hydrogen (secondary N) is 1. The Morgan fingerprint density at radius 2 is 2.15 bits per heavy atom. The number of rotatable bonds is 4. The van der Waals surface area contributed by atoms with E-state index in [2.05, 4.69) is 5.32 Å². The molecule has 1 aromatic carbocycles. The van der Waals surface area contributed by atoms with Gasteiger partial charge in [-0.3, -0.25) is 4.79 Å². The lowest BCUT2D eigenvalue weighted by atomic mass is 9.85. The van der Waals surface area contributed by atoms with Gasteiger partial charge in [-0.05, 0) is 38.3 Å². The molecule has 1 saturated carbocycles. The van der Waals surface area contributed by atoms with Crippen LogP contribution in [0.5, 0.6) is 0 Å². The molecule has 0 saturated heterocycles. The van der Waals surface area contributed by atoms with Gasteiger partial charge in [0.15, 0.2) is 11.6 Å². The summed E-state index contributed by atoms with van der Waals surface area (Å²) in [7, 11) is 0. The molecule has 3 nitrogen and oxygen atoms in total. The minimum atomic E-state index is -0.868. The van der Waals surface area contributed by atoms with Gasteiger partial charge in [0.1, 0.15) is 0 Å². The monoisotopic (exact) mass is 283 g/mol. The van der Waals surface area contributed by atoms with Gasteiger partial charge in [0.25, 0.3) is 0 Å². The van der Waals surface area contributed by atoms with Gasteiger partial charge in [0.2, 0.25) is 0 Å². The highest BCUT2D eigenvalue weighted by molar-refractivity contribution is 5.72. The summed E-state index contributed by atoms with van der Waals surface area (Å²) in [6.07, 6.45) is 3.33. The fourth-order valence-corrected chi connectivity index (χ4v) is 2.62. The summed E-state index contributed by atoms with van der Waals surface area (Å²) in [6, 6.07) is 3.84. The van der Waals surface area contributed by atoms with Crippen molar-refractivity contribution in [3.63, 3.8) is 0 Å². The van der Waals surface area contributed by atoms with Gasteiger partial charge < -0.3 is 10.1 Å². The number of hydrogen-bond acceptors (Lipinski definition) is 3. The maximum atomic E-state index is 13.1. The molecule has 0 bridgehead atoms. The molecular weight excluding hydrogens is 264 g/mol. The summed E-state index contributed by atoms with van der Waals surface area (Å²) in [4.78, 5) is 11.7. The summed E-state index contributed by atoms with van der Waals surface area (Å²) >= 11 is 0. The Morgan fingerprint density at radius 3 is 2.85 bits per heavy atom. The largest absolute Gasteiger partial charge is 0.466 e. The van der Waals surface area contributed by atoms with E-state index < -0.39 is 11.6 Å². The molecule has 1 fully saturated rings. The lowest BCUT2D eigenvalue weighted by Crippen LogP contribution is -2.32. The first kappa shape index (κ1) is 14.8. The van der Waals surface area contributed by atoms with Crippen LogP contribution in [0.2, 0.25) is 0 Å². The van der Waals surface area contributed by atoms with Crippen LogP contribution in [-0.2, 0) is 9.53 Å². The molecule has 0 heterocycles. The average Bonchev–Trinajstić information content (AvgIpc) is 2.43. The van der Waals surface area contributed by atoms with Gasteiger partial charge in [0.05, 0.1) is 12.5 Å². The van der Waals surface area contributed by atoms with E-state index >= 15 is 0 Å². The fourth-order valence-electron chi connectivity index (χ4n) is 2.62. The number of carbonyl (C=O) groups excluding carboxylic acids is 1. The molecule has 0 aliphatic heterocycles. The van der Waals surface area contributed by atoms with E-state index in [0.717, 1.165) is 31.4 Å². The second kappa shape index (κ2) is 6.68. The number of carbonyl (C=O) groups is 1. The SMILES string of the molecule is CCOC(=O)C1CCCC(Nc2ccc(F)c(F)c2)C1. The van der Waals surface area contributed by atoms with E-state index in [1.165, 1.54) is 6.07 Å². The molecule has 0 spiro atoms. The predicted molar refractivity (Wildman–Crippen MR) is 72.4 cm³/mol. The van der Waals surface area contributed by atoms with E-state index in [1.807, 2.05) is 0 Å². The van der Waals surface area contributed by atoms with Gasteiger partial charge in [0, 0.05) is 17.8 Å². The van der Waals surface area contributed by atoms with Crippen molar-refractivity contribution in [2.24, 2.45) is 5.92 Å². The highest BCUT2D eigenvalue weighted by atomic mass is 19.2. The Morgan fingerprint density at radius 1 is 1.35 bits per heavy atom. The number of ether oxygens (including phenoxy) is 1. The molecule has 1 N–H and O–H groups in total. The number of halogens is 2. The van der Waals surface area contributed by atoms with Crippen LogP contribution in [0.4, 0.5) is 14.5 Å². The molecule has 0 aromatic heterocycles. The quantitative estimate of drug-likeness (QED) is 0.859. The lowest BCUT2D eigenvalue weighted by molar-refractivity contribution is -0.149. The Kier molecular flexibility index (Phi) is 4.93. The summed E-state index contributed by atoms with van der Waals surface area (Å²) < 4.78 is 31.1. The van der Waals surface area contributed by atoms with Crippen molar-refractivity contribution >= 4 is 11.7 Å². The van der Waals surface area contributed by atoms with Crippen molar-refractivity contribution in [2.75, 3.05) is 11.9 Å². The maximum Gasteiger partial charge on any atom is 0.308 e. The number of benzene rings is 1. The van der Waals surface area contributed by atoms with Crippen LogP contribution in [0.1, 0.15) is 32.6 Å². The van der Waals surface area contributed by atoms with E-state index in [9.17, 15) is 13.6 Å². The molecule has 2 unspecified atom stereocenters. The third-order valence-electron chi connectivity index (χ3n) is 3.58. The van der Waals surface area contributed by atoms with E-state index in [1.54, 1.807) is 6.92 Å². The Bertz CT molecular complexity index is 479. The van der Waals surface area contributed by atoms with Crippen molar-refractivity contribution in [3.8, 4) is 0 Å². The normalized spacial score (nSPS) is 22.4. The fraction of sp³-hybridized carbons (Fsp3) is 0.533. The zero-order valence-corrected chi connectivity index (χ0v) is 11.5. The Hall–Kier alpha value is -1.65. The number of hydrogen-bond donors (Lipinski definition) is 1. The molecule has 20 heavy (non-hydrogen) atoms. The van der Waals surface area contributed by atoms with Crippen LogP contribution in [0.15, 0.2) is 18.2 Å². The minimum Gasteiger partial charge on any atom is -0.466 e. The molecule has 1 aromatic rings. The Labute approximate surface area is 117 Å². The summed E-state index contributed by atoms with van der Waals surface area (Å²) in [5.41, 5.74) is 0.540. The van der Waals surface area contributed by atoms with Crippen molar-refractivity contribution in [1.82, 2.24) is 0 Å². The van der Waals surface area contributed by atoms with Gasteiger partial charge in [-0.2, -0.15) is 0 Å². The van der Waals surface area contributed by atoms with Gasteiger partial charge in [-0.1, -0.05) is 6.42 Å². The predicted octanol–water partition coefficient (Wildman–Crippen LogP) is 3.50. The lowest BCUT2D eigenvalue weighted by Gasteiger charge is -2.29. The smallest absolute Gasteiger partial charge is 0.308 e. The first-order valence-electron chi connectivity index (χ1n) is 6.98. The van der Waals surface area contributed by atoms with Crippen LogP contribution >= 0.6 is 0 Å². The van der Waals surface area contributed by atoms with Crippen molar-refractivity contribution in [2.45, 2.75) is 38.6 Å². The number of esters is 1. The summed E-state index contributed by atoms with van der Waals surface area (Å²) in [5, 5.41) is 3.16. The van der Waals surface area contributed by atoms with E-state index in [-0.39, 0.29) is 17.9 Å². The Balaban J connectivity index is 1.95. The maximum absolute atomic E-state index is 13.1. The molecule has 2 atom stereocenters.